The van der Waals surface area contributed by atoms with Crippen molar-refractivity contribution in [2.45, 2.75) is 17.8 Å². The Morgan fingerprint density at radius 1 is 1.24 bits per heavy atom. The lowest BCUT2D eigenvalue weighted by Gasteiger charge is -2.02. The summed E-state index contributed by atoms with van der Waals surface area (Å²) in [5.41, 5.74) is 0.925. The number of furan rings is 1. The molecule has 0 spiro atoms. The first-order valence-corrected chi connectivity index (χ1v) is 8.63. The Hall–Kier alpha value is -2.74. The number of nitrogens with zero attached hydrogens (tertiary/aromatic N) is 2. The molecular weight excluding hydrogens is 342 g/mol. The van der Waals surface area contributed by atoms with Crippen LogP contribution in [0.4, 0.5) is 0 Å². The minimum Gasteiger partial charge on any atom is -0.494 e. The van der Waals surface area contributed by atoms with Crippen LogP contribution >= 0.6 is 11.8 Å². The Morgan fingerprint density at radius 2 is 2.04 bits per heavy atom. The van der Waals surface area contributed by atoms with E-state index in [0.717, 1.165) is 11.3 Å². The number of esters is 1. The molecule has 0 radical (unpaired) electrons. The molecule has 0 aliphatic rings. The Balaban J connectivity index is 1.61. The minimum absolute atomic E-state index is 0.183. The van der Waals surface area contributed by atoms with Crippen molar-refractivity contribution in [3.63, 3.8) is 0 Å². The predicted octanol–water partition coefficient (Wildman–Crippen LogP) is 3.54. The number of rotatable bonds is 7. The largest absolute Gasteiger partial charge is 0.494 e. The van der Waals surface area contributed by atoms with Crippen molar-refractivity contribution in [2.75, 3.05) is 13.7 Å². The standard InChI is InChI=1S/C17H17N3O4S/c1-3-23-12-6-4-11(5-7-12)15-18-17(20-19-15)25-10-13-8-9-14(24-13)16(21)22-2/h4-9H,3,10H2,1-2H3,(H,18,19,20). The second-order valence-electron chi connectivity index (χ2n) is 4.97. The molecule has 7 nitrogen and oxygen atoms in total. The minimum atomic E-state index is -0.494. The van der Waals surface area contributed by atoms with Gasteiger partial charge in [-0.2, -0.15) is 0 Å². The smallest absolute Gasteiger partial charge is 0.373 e. The van der Waals surface area contributed by atoms with Gasteiger partial charge in [-0.15, -0.1) is 5.10 Å². The maximum atomic E-state index is 11.4. The highest BCUT2D eigenvalue weighted by Gasteiger charge is 2.12. The highest BCUT2D eigenvalue weighted by atomic mass is 32.2. The number of ether oxygens (including phenoxy) is 2. The molecule has 25 heavy (non-hydrogen) atoms. The molecule has 1 aromatic carbocycles. The summed E-state index contributed by atoms with van der Waals surface area (Å²) >= 11 is 1.41. The van der Waals surface area contributed by atoms with Crippen molar-refractivity contribution in [2.24, 2.45) is 0 Å². The molecule has 0 saturated carbocycles. The molecule has 0 unspecified atom stereocenters. The van der Waals surface area contributed by atoms with E-state index in [0.29, 0.717) is 29.1 Å². The fraction of sp³-hybridized carbons (Fsp3) is 0.235. The van der Waals surface area contributed by atoms with Crippen LogP contribution in [0.25, 0.3) is 11.4 Å². The van der Waals surface area contributed by atoms with Crippen molar-refractivity contribution in [1.82, 2.24) is 15.2 Å². The van der Waals surface area contributed by atoms with E-state index < -0.39 is 5.97 Å². The second-order valence-corrected chi connectivity index (χ2v) is 5.91. The summed E-state index contributed by atoms with van der Waals surface area (Å²) in [6, 6.07) is 11.0. The number of hydrogen-bond donors (Lipinski definition) is 1. The Morgan fingerprint density at radius 3 is 2.76 bits per heavy atom. The molecule has 130 valence electrons. The number of aromatic amines is 1. The molecule has 0 aliphatic carbocycles. The van der Waals surface area contributed by atoms with E-state index in [9.17, 15) is 4.79 Å². The van der Waals surface area contributed by atoms with Crippen LogP contribution in [0.3, 0.4) is 0 Å². The van der Waals surface area contributed by atoms with Gasteiger partial charge in [0.1, 0.15) is 11.5 Å². The van der Waals surface area contributed by atoms with E-state index in [-0.39, 0.29) is 5.76 Å². The third-order valence-electron chi connectivity index (χ3n) is 3.30. The molecule has 3 rings (SSSR count). The summed E-state index contributed by atoms with van der Waals surface area (Å²) in [6.07, 6.45) is 0. The first kappa shape index (κ1) is 17.1. The molecule has 3 aromatic rings. The number of nitrogens with one attached hydrogen (secondary N) is 1. The van der Waals surface area contributed by atoms with Crippen LogP contribution in [-0.2, 0) is 10.5 Å². The second kappa shape index (κ2) is 7.89. The van der Waals surface area contributed by atoms with Gasteiger partial charge >= 0.3 is 5.97 Å². The molecular formula is C17H17N3O4S. The van der Waals surface area contributed by atoms with E-state index in [1.165, 1.54) is 18.9 Å². The monoisotopic (exact) mass is 359 g/mol. The number of benzene rings is 1. The van der Waals surface area contributed by atoms with Crippen LogP contribution in [0.5, 0.6) is 5.75 Å². The summed E-state index contributed by atoms with van der Waals surface area (Å²) in [4.78, 5) is 15.8. The zero-order valence-electron chi connectivity index (χ0n) is 13.8. The van der Waals surface area contributed by atoms with Gasteiger partial charge in [-0.25, -0.2) is 9.78 Å². The average Bonchev–Trinajstić information content (AvgIpc) is 3.30. The first-order valence-electron chi connectivity index (χ1n) is 7.65. The molecule has 0 saturated heterocycles. The maximum absolute atomic E-state index is 11.4. The van der Waals surface area contributed by atoms with Gasteiger partial charge in [0, 0.05) is 5.56 Å². The zero-order valence-corrected chi connectivity index (χ0v) is 14.6. The van der Waals surface area contributed by atoms with Gasteiger partial charge in [-0.3, -0.25) is 5.10 Å². The van der Waals surface area contributed by atoms with Gasteiger partial charge < -0.3 is 13.9 Å². The third-order valence-corrected chi connectivity index (χ3v) is 4.17. The lowest BCUT2D eigenvalue weighted by Crippen LogP contribution is -1.98. The van der Waals surface area contributed by atoms with Crippen molar-refractivity contribution in [3.8, 4) is 17.1 Å². The lowest BCUT2D eigenvalue weighted by molar-refractivity contribution is 0.0563. The summed E-state index contributed by atoms with van der Waals surface area (Å²) in [5, 5.41) is 7.70. The van der Waals surface area contributed by atoms with Gasteiger partial charge in [0.25, 0.3) is 0 Å². The van der Waals surface area contributed by atoms with Crippen molar-refractivity contribution in [3.05, 3.63) is 47.9 Å². The van der Waals surface area contributed by atoms with Crippen LogP contribution in [-0.4, -0.2) is 34.9 Å². The van der Waals surface area contributed by atoms with Crippen LogP contribution in [0, 0.1) is 0 Å². The number of carbonyl (C=O) groups is 1. The highest BCUT2D eigenvalue weighted by Crippen LogP contribution is 2.24. The van der Waals surface area contributed by atoms with Crippen molar-refractivity contribution >= 4 is 17.7 Å². The SMILES string of the molecule is CCOc1ccc(-c2nc(SCc3ccc(C(=O)OC)o3)n[nH]2)cc1. The van der Waals surface area contributed by atoms with Crippen LogP contribution in [0.15, 0.2) is 46.0 Å². The molecule has 0 aliphatic heterocycles. The third kappa shape index (κ3) is 4.21. The molecule has 0 fully saturated rings. The van der Waals surface area contributed by atoms with E-state index >= 15 is 0 Å². The van der Waals surface area contributed by atoms with E-state index in [2.05, 4.69) is 19.9 Å². The molecule has 0 amide bonds. The molecule has 0 atom stereocenters. The zero-order chi connectivity index (χ0) is 17.6. The van der Waals surface area contributed by atoms with E-state index in [1.807, 2.05) is 31.2 Å². The van der Waals surface area contributed by atoms with Crippen LogP contribution in [0.1, 0.15) is 23.2 Å². The van der Waals surface area contributed by atoms with Crippen molar-refractivity contribution in [1.29, 1.82) is 0 Å². The van der Waals surface area contributed by atoms with Gasteiger partial charge in [0.15, 0.2) is 5.82 Å². The van der Waals surface area contributed by atoms with Gasteiger partial charge in [0.2, 0.25) is 10.9 Å². The normalized spacial score (nSPS) is 10.6. The van der Waals surface area contributed by atoms with E-state index in [1.54, 1.807) is 12.1 Å². The molecule has 0 bridgehead atoms. The number of thioether (sulfide) groups is 1. The number of H-pyrrole nitrogens is 1. The number of hydrogen-bond acceptors (Lipinski definition) is 7. The van der Waals surface area contributed by atoms with Gasteiger partial charge in [-0.05, 0) is 43.3 Å². The van der Waals surface area contributed by atoms with Gasteiger partial charge in [0.05, 0.1) is 19.5 Å². The molecule has 1 N–H and O–H groups in total. The molecule has 2 aromatic heterocycles. The number of carbonyl (C=O) groups excluding carboxylic acids is 1. The summed E-state index contributed by atoms with van der Waals surface area (Å²) in [5.74, 6) is 2.35. The lowest BCUT2D eigenvalue weighted by atomic mass is 10.2. The molecule has 2 heterocycles. The summed E-state index contributed by atoms with van der Waals surface area (Å²) in [6.45, 7) is 2.58. The topological polar surface area (TPSA) is 90.2 Å². The maximum Gasteiger partial charge on any atom is 0.373 e. The quantitative estimate of drug-likeness (QED) is 0.509. The molecule has 8 heteroatoms. The van der Waals surface area contributed by atoms with Crippen LogP contribution < -0.4 is 4.74 Å². The summed E-state index contributed by atoms with van der Waals surface area (Å²) in [7, 11) is 1.31. The average molecular weight is 359 g/mol. The highest BCUT2D eigenvalue weighted by molar-refractivity contribution is 7.98. The Kier molecular flexibility index (Phi) is 5.39. The number of methoxy groups -OCH3 is 1. The fourth-order valence-corrected chi connectivity index (χ4v) is 2.81. The van der Waals surface area contributed by atoms with E-state index in [4.69, 9.17) is 9.15 Å². The predicted molar refractivity (Wildman–Crippen MR) is 92.6 cm³/mol. The first-order chi connectivity index (χ1) is 12.2. The number of aromatic nitrogens is 3. The Labute approximate surface area is 148 Å². The Bertz CT molecular complexity index is 842. The van der Waals surface area contributed by atoms with Gasteiger partial charge in [-0.1, -0.05) is 11.8 Å². The van der Waals surface area contributed by atoms with Crippen molar-refractivity contribution < 1.29 is 18.7 Å². The summed E-state index contributed by atoms with van der Waals surface area (Å²) < 4.78 is 15.4. The fourth-order valence-electron chi connectivity index (χ4n) is 2.12. The van der Waals surface area contributed by atoms with Crippen LogP contribution in [0.2, 0.25) is 0 Å².